The van der Waals surface area contributed by atoms with Gasteiger partial charge >= 0.3 is 23.9 Å². The SMILES string of the molecule is CC[Si](CC)(CC)O[C@@H](C(=O)O[C@H]1C[C@@]2(O)[C@@H](OC(=O)c3ccccc3)[C@@H]3[C@]4(OC(C)=O)CO[C@@H]4[C@@H](O)C[C@@]3(C)C(=O)[C@H](OC(C)=O)C(=C1C)C2(C)C)[C@@H](NC(=O)c1ccccc1)c1ccccc1. The third-order valence-electron chi connectivity index (χ3n) is 15.6. The number of carbonyl (C=O) groups is 6. The molecule has 15 nitrogen and oxygen atoms in total. The first-order valence-corrected chi connectivity index (χ1v) is 26.4. The molecule has 2 saturated carbocycles. The van der Waals surface area contributed by atoms with Gasteiger partial charge in [0.25, 0.3) is 5.91 Å². The highest BCUT2D eigenvalue weighted by Gasteiger charge is 2.78. The Balaban J connectivity index is 1.44. The maximum Gasteiger partial charge on any atom is 0.338 e. The molecule has 3 aliphatic carbocycles. The molecule has 0 unspecified atom stereocenters. The van der Waals surface area contributed by atoms with E-state index in [1.54, 1.807) is 93.6 Å². The number of amides is 1. The molecule has 370 valence electrons. The highest BCUT2D eigenvalue weighted by Crippen LogP contribution is 2.64. The monoisotopic (exact) mass is 967 g/mol. The van der Waals surface area contributed by atoms with E-state index in [1.165, 1.54) is 19.1 Å². The number of ketones is 1. The summed E-state index contributed by atoms with van der Waals surface area (Å²) in [4.78, 5) is 86.2. The highest BCUT2D eigenvalue weighted by atomic mass is 28.4. The van der Waals surface area contributed by atoms with Crippen LogP contribution in [0.1, 0.15) is 107 Å². The maximum atomic E-state index is 15.7. The van der Waals surface area contributed by atoms with Crippen molar-refractivity contribution in [3.05, 3.63) is 119 Å². The fraction of sp³-hybridized carbons (Fsp3) is 0.509. The molecule has 0 aromatic heterocycles. The van der Waals surface area contributed by atoms with E-state index in [0.717, 1.165) is 13.8 Å². The molecule has 4 aliphatic rings. The van der Waals surface area contributed by atoms with Crippen LogP contribution in [0.2, 0.25) is 18.1 Å². The van der Waals surface area contributed by atoms with Crippen molar-refractivity contribution in [3.63, 3.8) is 0 Å². The minimum atomic E-state index is -2.74. The smallest absolute Gasteiger partial charge is 0.338 e. The van der Waals surface area contributed by atoms with Crippen LogP contribution in [0.4, 0.5) is 0 Å². The van der Waals surface area contributed by atoms with Crippen molar-refractivity contribution in [2.24, 2.45) is 16.7 Å². The van der Waals surface area contributed by atoms with Crippen molar-refractivity contribution in [1.29, 1.82) is 0 Å². The van der Waals surface area contributed by atoms with Crippen LogP contribution in [0.15, 0.2) is 102 Å². The summed E-state index contributed by atoms with van der Waals surface area (Å²) >= 11 is 0. The molecule has 3 aromatic rings. The first-order valence-electron chi connectivity index (χ1n) is 23.8. The summed E-state index contributed by atoms with van der Waals surface area (Å²) in [7, 11) is -2.74. The number of nitrogens with one attached hydrogen (secondary N) is 1. The van der Waals surface area contributed by atoms with Gasteiger partial charge in [-0.05, 0) is 72.5 Å². The lowest BCUT2D eigenvalue weighted by Gasteiger charge is -2.67. The molecular formula is C53H65NO14Si. The Morgan fingerprint density at radius 1 is 0.797 bits per heavy atom. The summed E-state index contributed by atoms with van der Waals surface area (Å²) in [5, 5.41) is 28.8. The summed E-state index contributed by atoms with van der Waals surface area (Å²) in [6, 6.07) is 26.3. The van der Waals surface area contributed by atoms with Gasteiger partial charge in [0.05, 0.1) is 30.2 Å². The molecule has 2 bridgehead atoms. The number of hydrogen-bond donors (Lipinski definition) is 3. The zero-order valence-corrected chi connectivity index (χ0v) is 41.8. The normalized spacial score (nSPS) is 30.1. The maximum absolute atomic E-state index is 15.7. The Morgan fingerprint density at radius 3 is 1.88 bits per heavy atom. The minimum Gasteiger partial charge on any atom is -0.456 e. The highest BCUT2D eigenvalue weighted by molar-refractivity contribution is 6.73. The van der Waals surface area contributed by atoms with Gasteiger partial charge in [0.1, 0.15) is 23.9 Å². The zero-order chi connectivity index (χ0) is 50.3. The van der Waals surface area contributed by atoms with Gasteiger partial charge in [-0.3, -0.25) is 19.2 Å². The molecule has 11 atom stereocenters. The lowest BCUT2D eigenvalue weighted by Crippen LogP contribution is -2.82. The van der Waals surface area contributed by atoms with E-state index in [9.17, 15) is 29.4 Å². The summed E-state index contributed by atoms with van der Waals surface area (Å²) in [5.41, 5.74) is -6.27. The third kappa shape index (κ3) is 9.10. The molecule has 3 aromatic carbocycles. The summed E-state index contributed by atoms with van der Waals surface area (Å²) in [5.74, 6) is -6.04. The van der Waals surface area contributed by atoms with Crippen LogP contribution in [0.25, 0.3) is 0 Å². The van der Waals surface area contributed by atoms with Gasteiger partial charge in [-0.1, -0.05) is 108 Å². The molecule has 69 heavy (non-hydrogen) atoms. The average Bonchev–Trinajstić information content (AvgIpc) is 3.31. The standard InChI is InChI=1S/C53H65NO14Si/c1-10-69(11-2,12-3)68-42(40(34-22-16-13-17-23-34)54-47(59)35-24-18-14-19-25-35)49(61)65-38-29-53(62)46(66-48(60)36-26-20-15-21-27-36)43-51(9,28-37(57)45-52(43,30-63-45)67-33(6)56)44(58)41(64-32(5)55)39(31(38)4)50(53,7)8/h13-27,37-38,40-43,45-46,57,62H,10-12,28-30H2,1-9H3,(H,54,59)/t37-,38-,40-,41+,42+,43-,45+,46-,51+,52+,53+/m0/s1. The van der Waals surface area contributed by atoms with Gasteiger partial charge in [-0.25, -0.2) is 9.59 Å². The molecule has 0 spiro atoms. The van der Waals surface area contributed by atoms with Crippen LogP contribution >= 0.6 is 0 Å². The number of carbonyl (C=O) groups excluding carboxylic acids is 6. The molecule has 16 heteroatoms. The van der Waals surface area contributed by atoms with Gasteiger partial charge in [-0.15, -0.1) is 0 Å². The molecular weight excluding hydrogens is 903 g/mol. The van der Waals surface area contributed by atoms with Gasteiger partial charge in [0.2, 0.25) is 0 Å². The Morgan fingerprint density at radius 2 is 1.36 bits per heavy atom. The number of ether oxygens (including phenoxy) is 5. The van der Waals surface area contributed by atoms with E-state index in [1.807, 2.05) is 26.8 Å². The van der Waals surface area contributed by atoms with Gasteiger partial charge in [0.15, 0.2) is 31.9 Å². The number of rotatable bonds is 15. The van der Waals surface area contributed by atoms with Gasteiger partial charge in [-0.2, -0.15) is 0 Å². The molecule has 0 radical (unpaired) electrons. The van der Waals surface area contributed by atoms with Crippen molar-refractivity contribution in [1.82, 2.24) is 5.32 Å². The van der Waals surface area contributed by atoms with Crippen LogP contribution in [-0.4, -0.2) is 109 Å². The van der Waals surface area contributed by atoms with E-state index in [2.05, 4.69) is 5.32 Å². The van der Waals surface area contributed by atoms with Crippen molar-refractivity contribution >= 4 is 43.9 Å². The average molecular weight is 968 g/mol. The summed E-state index contributed by atoms with van der Waals surface area (Å²) in [6.45, 7) is 14.4. The Hall–Kier alpha value is -5.52. The first kappa shape index (κ1) is 51.3. The molecule has 1 aliphatic heterocycles. The number of benzene rings is 3. The van der Waals surface area contributed by atoms with Crippen LogP contribution in [0.3, 0.4) is 0 Å². The lowest BCUT2D eigenvalue weighted by atomic mass is 9.45. The number of esters is 4. The third-order valence-corrected chi connectivity index (χ3v) is 20.2. The second kappa shape index (κ2) is 19.7. The van der Waals surface area contributed by atoms with Crippen LogP contribution < -0.4 is 5.32 Å². The zero-order valence-electron chi connectivity index (χ0n) is 40.8. The van der Waals surface area contributed by atoms with Crippen molar-refractivity contribution in [3.8, 4) is 0 Å². The molecule has 3 N–H and O–H groups in total. The van der Waals surface area contributed by atoms with Crippen molar-refractivity contribution in [2.45, 2.75) is 147 Å². The largest absolute Gasteiger partial charge is 0.456 e. The van der Waals surface area contributed by atoms with E-state index in [4.69, 9.17) is 28.1 Å². The quantitative estimate of drug-likeness (QED) is 0.0622. The second-order valence-corrected chi connectivity index (χ2v) is 24.5. The lowest BCUT2D eigenvalue weighted by molar-refractivity contribution is -0.352. The first-order chi connectivity index (χ1) is 32.6. The van der Waals surface area contributed by atoms with Gasteiger partial charge < -0.3 is 43.6 Å². The van der Waals surface area contributed by atoms with E-state index in [0.29, 0.717) is 29.3 Å². The van der Waals surface area contributed by atoms with Crippen LogP contribution in [0.5, 0.6) is 0 Å². The predicted molar refractivity (Wildman–Crippen MR) is 254 cm³/mol. The second-order valence-electron chi connectivity index (χ2n) is 19.8. The van der Waals surface area contributed by atoms with Crippen LogP contribution in [-0.2, 0) is 47.3 Å². The summed E-state index contributed by atoms with van der Waals surface area (Å²) in [6.07, 6.45) is -9.71. The van der Waals surface area contributed by atoms with Crippen molar-refractivity contribution < 1.29 is 67.1 Å². The fourth-order valence-corrected chi connectivity index (χ4v) is 14.5. The van der Waals surface area contributed by atoms with Gasteiger partial charge in [0, 0.05) is 36.7 Å². The minimum absolute atomic E-state index is 0.0894. The molecule has 7 rings (SSSR count). The Labute approximate surface area is 404 Å². The van der Waals surface area contributed by atoms with E-state index < -0.39 is 121 Å². The number of aliphatic hydroxyl groups excluding tert-OH is 1. The van der Waals surface area contributed by atoms with Crippen LogP contribution in [0, 0.1) is 16.7 Å². The molecule has 1 saturated heterocycles. The molecule has 3 fully saturated rings. The number of aliphatic hydroxyl groups is 2. The Bertz CT molecular complexity index is 2450. The fourth-order valence-electron chi connectivity index (χ4n) is 11.7. The number of Topliss-reactive ketones (excluding diaryl/α,β-unsaturated/α-hetero) is 1. The predicted octanol–water partition coefficient (Wildman–Crippen LogP) is 6.77. The number of fused-ring (bicyclic) bond motifs is 5. The summed E-state index contributed by atoms with van der Waals surface area (Å²) < 4.78 is 38.3. The molecule has 1 heterocycles. The van der Waals surface area contributed by atoms with E-state index in [-0.39, 0.29) is 29.7 Å². The molecule has 1 amide bonds. The number of hydrogen-bond acceptors (Lipinski definition) is 14. The van der Waals surface area contributed by atoms with E-state index >= 15 is 9.59 Å². The Kier molecular flexibility index (Phi) is 14.7. The van der Waals surface area contributed by atoms with Crippen molar-refractivity contribution in [2.75, 3.05) is 6.61 Å². The topological polar surface area (TPSA) is 210 Å².